The molecule has 2 aromatic rings. The van der Waals surface area contributed by atoms with Crippen molar-refractivity contribution in [3.63, 3.8) is 0 Å². The lowest BCUT2D eigenvalue weighted by molar-refractivity contribution is -0.144. The minimum atomic E-state index is -1.23. The van der Waals surface area contributed by atoms with Crippen molar-refractivity contribution < 1.29 is 49.0 Å². The summed E-state index contributed by atoms with van der Waals surface area (Å²) < 4.78 is 22.3. The Labute approximate surface area is 274 Å². The maximum atomic E-state index is 14.3. The molecule has 6 atom stereocenters. The molecule has 0 bridgehead atoms. The molecule has 6 aliphatic rings. The highest BCUT2D eigenvalue weighted by Gasteiger charge is 2.48. The number of phenols is 4. The number of rotatable bonds is 2. The fraction of sp³-hybridized carbons (Fsp3) is 0.371. The van der Waals surface area contributed by atoms with Crippen LogP contribution in [0.3, 0.4) is 0 Å². The van der Waals surface area contributed by atoms with Crippen molar-refractivity contribution in [3.8, 4) is 34.1 Å². The molecule has 0 unspecified atom stereocenters. The predicted molar refractivity (Wildman–Crippen MR) is 166 cm³/mol. The summed E-state index contributed by atoms with van der Waals surface area (Å²) in [5, 5.41) is 44.5. The molecule has 4 heterocycles. The average Bonchev–Trinajstić information content (AvgIpc) is 3.58. The van der Waals surface area contributed by atoms with Crippen LogP contribution in [0.4, 0.5) is 0 Å². The van der Waals surface area contributed by atoms with E-state index in [1.54, 1.807) is 20.8 Å². The molecule has 2 aliphatic carbocycles. The number of hydrogen-bond donors (Lipinski definition) is 4. The molecule has 0 saturated carbocycles. The van der Waals surface area contributed by atoms with E-state index in [2.05, 4.69) is 0 Å². The minimum Gasteiger partial charge on any atom is -0.507 e. The van der Waals surface area contributed by atoms with Gasteiger partial charge in [0, 0.05) is 33.4 Å². The zero-order valence-corrected chi connectivity index (χ0v) is 26.4. The van der Waals surface area contributed by atoms with Crippen molar-refractivity contribution >= 4 is 22.7 Å². The molecule has 14 nitrogen and oxygen atoms in total. The molecule has 49 heavy (non-hydrogen) atoms. The maximum absolute atomic E-state index is 14.3. The van der Waals surface area contributed by atoms with E-state index in [0.29, 0.717) is 0 Å². The third-order valence-corrected chi connectivity index (χ3v) is 10.2. The second-order valence-corrected chi connectivity index (χ2v) is 13.3. The van der Waals surface area contributed by atoms with Crippen LogP contribution in [0.15, 0.2) is 25.2 Å². The standard InChI is InChI=1S/C35H28O14/c1-8(2)17-20(31(43)24-23(28(17)40)33(45)26-19(30(24)42)10(4)47-14-7-16(38)49-35(14)26)11-5-12(36)21-22(27(11)39)29(41)18-9(3)46-13-6-15(37)48-34(13)25(18)32(21)44/h5,8-10,13-14,34-35,40,42-43,45H,6-7H2,1-4H3/t9-,10-,13-,14-,34+,35+/m1/s1. The molecular formula is C35H28O14. The lowest BCUT2D eigenvalue weighted by atomic mass is 9.82. The second kappa shape index (κ2) is 10.1. The molecule has 2 aromatic carbocycles. The number of esters is 2. The largest absolute Gasteiger partial charge is 0.507 e. The maximum Gasteiger partial charge on any atom is 0.309 e. The molecule has 14 heteroatoms. The summed E-state index contributed by atoms with van der Waals surface area (Å²) in [6.45, 7) is 6.20. The summed E-state index contributed by atoms with van der Waals surface area (Å²) in [5.41, 5.74) is -5.68. The van der Waals surface area contributed by atoms with Crippen molar-refractivity contribution in [1.82, 2.24) is 0 Å². The number of hydrogen-bond acceptors (Lipinski definition) is 14. The summed E-state index contributed by atoms with van der Waals surface area (Å²) in [6.07, 6.45) is -6.23. The first-order valence-electron chi connectivity index (χ1n) is 15.7. The third kappa shape index (κ3) is 3.89. The number of carbonyl (C=O) groups is 2. The number of phenolic OH excluding ortho intramolecular Hbond substituents is 4. The van der Waals surface area contributed by atoms with Crippen LogP contribution in [0.1, 0.15) is 98.7 Å². The smallest absolute Gasteiger partial charge is 0.309 e. The Morgan fingerprint density at radius 1 is 0.633 bits per heavy atom. The molecule has 2 fully saturated rings. The van der Waals surface area contributed by atoms with Gasteiger partial charge in [0.25, 0.3) is 0 Å². The van der Waals surface area contributed by atoms with E-state index in [0.717, 1.165) is 6.07 Å². The topological polar surface area (TPSA) is 220 Å². The Bertz CT molecular complexity index is 2510. The van der Waals surface area contributed by atoms with Crippen molar-refractivity contribution in [1.29, 1.82) is 0 Å². The number of aromatic hydroxyl groups is 4. The van der Waals surface area contributed by atoms with Gasteiger partial charge in [-0.15, -0.1) is 0 Å². The van der Waals surface area contributed by atoms with Crippen LogP contribution in [-0.2, 0) is 28.5 Å². The monoisotopic (exact) mass is 672 g/mol. The van der Waals surface area contributed by atoms with E-state index in [4.69, 9.17) is 18.9 Å². The summed E-state index contributed by atoms with van der Waals surface area (Å²) in [7, 11) is 0. The number of fused-ring (bicyclic) bond motifs is 7. The summed E-state index contributed by atoms with van der Waals surface area (Å²) in [5.74, 6) is -4.68. The van der Waals surface area contributed by atoms with Crippen LogP contribution in [0, 0.1) is 10.4 Å². The van der Waals surface area contributed by atoms with Gasteiger partial charge >= 0.3 is 11.9 Å². The third-order valence-electron chi connectivity index (χ3n) is 10.2. The van der Waals surface area contributed by atoms with Gasteiger partial charge in [-0.2, -0.15) is 0 Å². The first-order valence-corrected chi connectivity index (χ1v) is 15.7. The van der Waals surface area contributed by atoms with Gasteiger partial charge in [-0.25, -0.2) is 0 Å². The van der Waals surface area contributed by atoms with Gasteiger partial charge in [-0.1, -0.05) is 13.8 Å². The molecule has 2 saturated heterocycles. The van der Waals surface area contributed by atoms with Gasteiger partial charge in [-0.05, 0) is 25.8 Å². The molecule has 8 rings (SSSR count). The SMILES string of the molecule is CC(C)c1c(-c2cc(=O)c3c(=O)c4c(c(=O)c=3c2=O)[C@@H](C)O[C@@H]2CC(=O)O[C@H]42)c(O)c2c(O)c3c(c(O)c2c1O)[C@H]1OC(=O)C[C@H]1O[C@@H]3C. The van der Waals surface area contributed by atoms with Gasteiger partial charge < -0.3 is 39.4 Å². The summed E-state index contributed by atoms with van der Waals surface area (Å²) in [4.78, 5) is 80.1. The van der Waals surface area contributed by atoms with E-state index < -0.39 is 132 Å². The first-order chi connectivity index (χ1) is 23.1. The molecule has 252 valence electrons. The normalized spacial score (nSPS) is 25.7. The minimum absolute atomic E-state index is 0.0101. The van der Waals surface area contributed by atoms with Gasteiger partial charge in [0.05, 0.1) is 51.8 Å². The van der Waals surface area contributed by atoms with Crippen LogP contribution in [-0.4, -0.2) is 44.6 Å². The lowest BCUT2D eigenvalue weighted by Gasteiger charge is -2.33. The van der Waals surface area contributed by atoms with Crippen molar-refractivity contribution in [2.75, 3.05) is 0 Å². The highest BCUT2D eigenvalue weighted by atomic mass is 16.6. The van der Waals surface area contributed by atoms with Crippen LogP contribution < -0.4 is 21.7 Å². The van der Waals surface area contributed by atoms with E-state index in [1.165, 1.54) is 6.92 Å². The fourth-order valence-corrected chi connectivity index (χ4v) is 8.19. The van der Waals surface area contributed by atoms with Crippen LogP contribution in [0.2, 0.25) is 0 Å². The van der Waals surface area contributed by atoms with E-state index in [1.807, 2.05) is 0 Å². The Morgan fingerprint density at radius 2 is 1.14 bits per heavy atom. The summed E-state index contributed by atoms with van der Waals surface area (Å²) in [6, 6.07) is 0.772. The Kier molecular flexibility index (Phi) is 6.38. The van der Waals surface area contributed by atoms with Crippen LogP contribution in [0.5, 0.6) is 23.0 Å². The quantitative estimate of drug-likeness (QED) is 0.178. The van der Waals surface area contributed by atoms with E-state index in [-0.39, 0.29) is 40.7 Å². The average molecular weight is 673 g/mol. The van der Waals surface area contributed by atoms with Gasteiger partial charge in [0.2, 0.25) is 0 Å². The first kappa shape index (κ1) is 31.0. The molecule has 0 spiro atoms. The Balaban J connectivity index is 1.48. The Morgan fingerprint density at radius 3 is 1.73 bits per heavy atom. The zero-order chi connectivity index (χ0) is 35.1. The van der Waals surface area contributed by atoms with Gasteiger partial charge in [-0.3, -0.25) is 28.8 Å². The highest BCUT2D eigenvalue weighted by Crippen LogP contribution is 2.59. The number of benzene rings is 2. The highest BCUT2D eigenvalue weighted by molar-refractivity contribution is 6.09. The molecule has 0 amide bonds. The van der Waals surface area contributed by atoms with Crippen molar-refractivity contribution in [2.24, 2.45) is 0 Å². The summed E-state index contributed by atoms with van der Waals surface area (Å²) >= 11 is 0. The van der Waals surface area contributed by atoms with E-state index in [9.17, 15) is 49.2 Å². The van der Waals surface area contributed by atoms with Crippen molar-refractivity contribution in [3.05, 3.63) is 85.2 Å². The number of carbonyl (C=O) groups excluding carboxylic acids is 2. The zero-order valence-electron chi connectivity index (χ0n) is 26.4. The van der Waals surface area contributed by atoms with Gasteiger partial charge in [0.1, 0.15) is 35.2 Å². The second-order valence-electron chi connectivity index (χ2n) is 13.3. The molecule has 4 N–H and O–H groups in total. The van der Waals surface area contributed by atoms with Crippen LogP contribution >= 0.6 is 0 Å². The van der Waals surface area contributed by atoms with Crippen LogP contribution in [0.25, 0.3) is 21.9 Å². The molecule has 4 aliphatic heterocycles. The lowest BCUT2D eigenvalue weighted by Crippen LogP contribution is -2.40. The van der Waals surface area contributed by atoms with Gasteiger partial charge in [0.15, 0.2) is 33.9 Å². The fourth-order valence-electron chi connectivity index (χ4n) is 8.19. The van der Waals surface area contributed by atoms with E-state index >= 15 is 0 Å². The Hall–Kier alpha value is -5.34. The molecule has 0 aromatic heterocycles. The predicted octanol–water partition coefficient (Wildman–Crippen LogP) is 2.39. The van der Waals surface area contributed by atoms with Crippen molar-refractivity contribution in [2.45, 2.75) is 83.1 Å². The molecule has 0 radical (unpaired) electrons. The molecular weight excluding hydrogens is 644 g/mol. The number of ether oxygens (including phenoxy) is 4.